The van der Waals surface area contributed by atoms with Crippen LogP contribution in [-0.2, 0) is 9.53 Å². The molecule has 1 fully saturated rings. The van der Waals surface area contributed by atoms with Gasteiger partial charge in [0.05, 0.1) is 19.1 Å². The van der Waals surface area contributed by atoms with Crippen molar-refractivity contribution in [1.29, 1.82) is 0 Å². The number of hydrogen-bond acceptors (Lipinski definition) is 3. The van der Waals surface area contributed by atoms with E-state index in [1.807, 2.05) is 7.05 Å². The van der Waals surface area contributed by atoms with Crippen molar-refractivity contribution in [3.05, 3.63) is 0 Å². The molecule has 0 bridgehead atoms. The van der Waals surface area contributed by atoms with Crippen LogP contribution in [0.5, 0.6) is 0 Å². The zero-order valence-electron chi connectivity index (χ0n) is 7.32. The maximum atomic E-state index is 10.1. The number of nitrogens with zero attached hydrogens (tertiary/aromatic N) is 1. The van der Waals surface area contributed by atoms with Crippen LogP contribution in [0.25, 0.3) is 0 Å². The van der Waals surface area contributed by atoms with Crippen LogP contribution < -0.4 is 0 Å². The summed E-state index contributed by atoms with van der Waals surface area (Å²) >= 11 is 0. The van der Waals surface area contributed by atoms with E-state index in [0.717, 1.165) is 19.5 Å². The first-order valence-corrected chi connectivity index (χ1v) is 4.20. The molecule has 1 heterocycles. The largest absolute Gasteiger partial charge is 0.481 e. The lowest BCUT2D eigenvalue weighted by Gasteiger charge is -2.10. The summed E-state index contributed by atoms with van der Waals surface area (Å²) < 4.78 is 5.36. The highest BCUT2D eigenvalue weighted by atomic mass is 16.5. The molecule has 0 aromatic heterocycles. The van der Waals surface area contributed by atoms with Crippen molar-refractivity contribution >= 4 is 5.97 Å². The number of carboxylic acid groups (broad SMARTS) is 1. The monoisotopic (exact) mass is 173 g/mol. The summed E-state index contributed by atoms with van der Waals surface area (Å²) in [5.41, 5.74) is 0. The van der Waals surface area contributed by atoms with Crippen LogP contribution in [-0.4, -0.2) is 48.8 Å². The summed E-state index contributed by atoms with van der Waals surface area (Å²) in [5.74, 6) is -0.790. The van der Waals surface area contributed by atoms with Crippen LogP contribution in [0.3, 0.4) is 0 Å². The van der Waals surface area contributed by atoms with Gasteiger partial charge in [0, 0.05) is 13.1 Å². The zero-order valence-corrected chi connectivity index (χ0v) is 7.32. The highest BCUT2D eigenvalue weighted by Crippen LogP contribution is 2.10. The summed E-state index contributed by atoms with van der Waals surface area (Å²) in [6.07, 6.45) is 1.38. The minimum Gasteiger partial charge on any atom is -0.481 e. The highest BCUT2D eigenvalue weighted by molar-refractivity contribution is 5.66. The Morgan fingerprint density at radius 2 is 2.50 bits per heavy atom. The van der Waals surface area contributed by atoms with Gasteiger partial charge >= 0.3 is 5.97 Å². The Balaban J connectivity index is 2.04. The molecular formula is C8H15NO3. The molecule has 1 aliphatic heterocycles. The van der Waals surface area contributed by atoms with E-state index in [9.17, 15) is 4.79 Å². The Kier molecular flexibility index (Phi) is 3.49. The van der Waals surface area contributed by atoms with Crippen LogP contribution in [0, 0.1) is 0 Å². The minimum absolute atomic E-state index is 0.111. The van der Waals surface area contributed by atoms with E-state index in [1.54, 1.807) is 0 Å². The number of likely N-dealkylation sites (N-methyl/N-ethyl adjacent to an activating group) is 1. The van der Waals surface area contributed by atoms with E-state index in [1.165, 1.54) is 0 Å². The second-order valence-electron chi connectivity index (χ2n) is 3.19. The number of carbonyl (C=O) groups is 1. The number of likely N-dealkylation sites (tertiary alicyclic amines) is 1. The fourth-order valence-electron chi connectivity index (χ4n) is 1.34. The van der Waals surface area contributed by atoms with Crippen molar-refractivity contribution in [2.24, 2.45) is 0 Å². The molecule has 1 N–H and O–H groups in total. The van der Waals surface area contributed by atoms with Gasteiger partial charge in [-0.1, -0.05) is 0 Å². The van der Waals surface area contributed by atoms with E-state index in [4.69, 9.17) is 9.84 Å². The highest BCUT2D eigenvalue weighted by Gasteiger charge is 2.19. The summed E-state index contributed by atoms with van der Waals surface area (Å²) in [6.45, 7) is 2.32. The van der Waals surface area contributed by atoms with Gasteiger partial charge in [-0.25, -0.2) is 0 Å². The first-order chi connectivity index (χ1) is 5.68. The van der Waals surface area contributed by atoms with Gasteiger partial charge in [0.15, 0.2) is 0 Å². The predicted octanol–water partition coefficient (Wildman–Crippen LogP) is 0.182. The quantitative estimate of drug-likeness (QED) is 0.659. The lowest BCUT2D eigenvalue weighted by molar-refractivity contribution is -0.138. The van der Waals surface area contributed by atoms with Crippen molar-refractivity contribution in [3.8, 4) is 0 Å². The van der Waals surface area contributed by atoms with E-state index >= 15 is 0 Å². The molecule has 4 nitrogen and oxygen atoms in total. The molecule has 0 aromatic rings. The Morgan fingerprint density at radius 1 is 1.75 bits per heavy atom. The summed E-state index contributed by atoms with van der Waals surface area (Å²) in [6, 6.07) is 0. The first-order valence-electron chi connectivity index (χ1n) is 4.20. The first kappa shape index (κ1) is 9.48. The number of rotatable bonds is 4. The molecule has 12 heavy (non-hydrogen) atoms. The third-order valence-corrected chi connectivity index (χ3v) is 2.02. The fourth-order valence-corrected chi connectivity index (χ4v) is 1.34. The van der Waals surface area contributed by atoms with Crippen molar-refractivity contribution in [2.45, 2.75) is 18.9 Å². The second-order valence-corrected chi connectivity index (χ2v) is 3.19. The van der Waals surface area contributed by atoms with Crippen LogP contribution in [0.4, 0.5) is 0 Å². The van der Waals surface area contributed by atoms with Gasteiger partial charge in [0.25, 0.3) is 0 Å². The number of aliphatic carboxylic acids is 1. The van der Waals surface area contributed by atoms with Crippen molar-refractivity contribution in [3.63, 3.8) is 0 Å². The van der Waals surface area contributed by atoms with Crippen molar-refractivity contribution < 1.29 is 14.6 Å². The van der Waals surface area contributed by atoms with E-state index in [2.05, 4.69) is 4.90 Å². The smallest absolute Gasteiger partial charge is 0.305 e. The molecule has 1 saturated heterocycles. The standard InChI is InChI=1S/C8H15NO3/c1-9-4-2-7(6-9)12-5-3-8(10)11/h7H,2-6H2,1H3,(H,10,11). The summed E-state index contributed by atoms with van der Waals surface area (Å²) in [5, 5.41) is 8.35. The van der Waals surface area contributed by atoms with Gasteiger partial charge in [-0.3, -0.25) is 4.79 Å². The topological polar surface area (TPSA) is 49.8 Å². The molecule has 1 rings (SSSR count). The fraction of sp³-hybridized carbons (Fsp3) is 0.875. The van der Waals surface area contributed by atoms with Crippen molar-refractivity contribution in [2.75, 3.05) is 26.7 Å². The van der Waals surface area contributed by atoms with Gasteiger partial charge in [-0.15, -0.1) is 0 Å². The maximum Gasteiger partial charge on any atom is 0.305 e. The van der Waals surface area contributed by atoms with Crippen LogP contribution >= 0.6 is 0 Å². The normalized spacial score (nSPS) is 24.6. The molecule has 0 spiro atoms. The molecular weight excluding hydrogens is 158 g/mol. The SMILES string of the molecule is CN1CCC(OCCC(=O)O)C1. The summed E-state index contributed by atoms with van der Waals surface area (Å²) in [7, 11) is 2.04. The average molecular weight is 173 g/mol. The van der Waals surface area contributed by atoms with Gasteiger partial charge in [-0.2, -0.15) is 0 Å². The van der Waals surface area contributed by atoms with Gasteiger partial charge in [0.2, 0.25) is 0 Å². The molecule has 0 radical (unpaired) electrons. The van der Waals surface area contributed by atoms with Crippen LogP contribution in [0.2, 0.25) is 0 Å². The molecule has 1 atom stereocenters. The van der Waals surface area contributed by atoms with Crippen molar-refractivity contribution in [1.82, 2.24) is 4.90 Å². The van der Waals surface area contributed by atoms with Crippen LogP contribution in [0.1, 0.15) is 12.8 Å². The van der Waals surface area contributed by atoms with Gasteiger partial charge in [0.1, 0.15) is 0 Å². The molecule has 0 saturated carbocycles. The molecule has 1 aliphatic rings. The van der Waals surface area contributed by atoms with E-state index in [-0.39, 0.29) is 12.5 Å². The Hall–Kier alpha value is -0.610. The molecule has 4 heteroatoms. The molecule has 0 amide bonds. The molecule has 70 valence electrons. The average Bonchev–Trinajstić information content (AvgIpc) is 2.35. The zero-order chi connectivity index (χ0) is 8.97. The van der Waals surface area contributed by atoms with E-state index < -0.39 is 5.97 Å². The third kappa shape index (κ3) is 3.19. The number of ether oxygens (including phenoxy) is 1. The summed E-state index contributed by atoms with van der Waals surface area (Å²) in [4.78, 5) is 12.3. The minimum atomic E-state index is -0.790. The molecule has 1 unspecified atom stereocenters. The maximum absolute atomic E-state index is 10.1. The van der Waals surface area contributed by atoms with E-state index in [0.29, 0.717) is 6.61 Å². The Morgan fingerprint density at radius 3 is 3.00 bits per heavy atom. The third-order valence-electron chi connectivity index (χ3n) is 2.02. The Labute approximate surface area is 72.1 Å². The van der Waals surface area contributed by atoms with Gasteiger partial charge < -0.3 is 14.7 Å². The number of carboxylic acids is 1. The Bertz CT molecular complexity index is 160. The lowest BCUT2D eigenvalue weighted by atomic mass is 10.3. The molecule has 0 aliphatic carbocycles. The second kappa shape index (κ2) is 4.42. The van der Waals surface area contributed by atoms with Gasteiger partial charge in [-0.05, 0) is 13.5 Å². The lowest BCUT2D eigenvalue weighted by Crippen LogP contribution is -2.20. The predicted molar refractivity (Wildman–Crippen MR) is 44.1 cm³/mol. The van der Waals surface area contributed by atoms with Crippen LogP contribution in [0.15, 0.2) is 0 Å². The number of hydrogen-bond donors (Lipinski definition) is 1. The molecule has 0 aromatic carbocycles.